The Labute approximate surface area is 132 Å². The molecule has 118 valence electrons. The van der Waals surface area contributed by atoms with Crippen LogP contribution in [0.1, 0.15) is 26.2 Å². The highest BCUT2D eigenvalue weighted by Crippen LogP contribution is 2.42. The quantitative estimate of drug-likeness (QED) is 0.860. The molecule has 1 heterocycles. The highest BCUT2D eigenvalue weighted by Gasteiger charge is 2.50. The Balaban J connectivity index is 1.57. The van der Waals surface area contributed by atoms with Crippen molar-refractivity contribution in [1.29, 1.82) is 0 Å². The Hall–Kier alpha value is -1.84. The predicted molar refractivity (Wildman–Crippen MR) is 86.4 cm³/mol. The first-order valence-corrected chi connectivity index (χ1v) is 8.19. The van der Waals surface area contributed by atoms with E-state index in [-0.39, 0.29) is 23.7 Å². The molecule has 0 aromatic heterocycles. The van der Waals surface area contributed by atoms with E-state index in [4.69, 9.17) is 0 Å². The highest BCUT2D eigenvalue weighted by atomic mass is 16.2. The molecule has 1 aliphatic heterocycles. The lowest BCUT2D eigenvalue weighted by Crippen LogP contribution is -2.40. The second-order valence-corrected chi connectivity index (χ2v) is 6.69. The molecule has 0 radical (unpaired) electrons. The molecule has 2 unspecified atom stereocenters. The number of carbonyl (C=O) groups is 2. The van der Waals surface area contributed by atoms with E-state index in [0.717, 1.165) is 31.6 Å². The van der Waals surface area contributed by atoms with Crippen LogP contribution >= 0.6 is 0 Å². The lowest BCUT2D eigenvalue weighted by molar-refractivity contribution is -0.135. The van der Waals surface area contributed by atoms with Crippen molar-refractivity contribution in [1.82, 2.24) is 4.90 Å². The molecule has 1 saturated carbocycles. The summed E-state index contributed by atoms with van der Waals surface area (Å²) >= 11 is 0. The molecule has 0 N–H and O–H groups in total. The van der Waals surface area contributed by atoms with Crippen LogP contribution < -0.4 is 4.90 Å². The number of likely N-dealkylation sites (tertiary alicyclic amines) is 1. The van der Waals surface area contributed by atoms with Crippen LogP contribution in [0.2, 0.25) is 0 Å². The second-order valence-electron chi connectivity index (χ2n) is 6.69. The van der Waals surface area contributed by atoms with Gasteiger partial charge < -0.3 is 9.80 Å². The van der Waals surface area contributed by atoms with Gasteiger partial charge in [0.2, 0.25) is 11.8 Å². The van der Waals surface area contributed by atoms with E-state index in [1.165, 1.54) is 0 Å². The average Bonchev–Trinajstić information content (AvgIpc) is 3.35. The van der Waals surface area contributed by atoms with Crippen LogP contribution in [0.3, 0.4) is 0 Å². The van der Waals surface area contributed by atoms with Gasteiger partial charge in [-0.25, -0.2) is 0 Å². The van der Waals surface area contributed by atoms with Crippen LogP contribution in [0, 0.1) is 17.8 Å². The molecule has 22 heavy (non-hydrogen) atoms. The Morgan fingerprint density at radius 3 is 2.36 bits per heavy atom. The van der Waals surface area contributed by atoms with Gasteiger partial charge in [-0.1, -0.05) is 25.1 Å². The maximum Gasteiger partial charge on any atom is 0.230 e. The zero-order valence-corrected chi connectivity index (χ0v) is 13.4. The highest BCUT2D eigenvalue weighted by molar-refractivity contribution is 6.00. The van der Waals surface area contributed by atoms with E-state index < -0.39 is 0 Å². The topological polar surface area (TPSA) is 40.6 Å². The molecule has 2 fully saturated rings. The Morgan fingerprint density at radius 1 is 1.09 bits per heavy atom. The van der Waals surface area contributed by atoms with E-state index in [9.17, 15) is 9.59 Å². The van der Waals surface area contributed by atoms with Gasteiger partial charge in [0.15, 0.2) is 0 Å². The van der Waals surface area contributed by atoms with Crippen LogP contribution in [-0.2, 0) is 9.59 Å². The van der Waals surface area contributed by atoms with Gasteiger partial charge in [-0.05, 0) is 37.3 Å². The molecule has 2 amide bonds. The van der Waals surface area contributed by atoms with Gasteiger partial charge in [-0.3, -0.25) is 9.59 Å². The Kier molecular flexibility index (Phi) is 4.19. The maximum atomic E-state index is 12.5. The molecule has 0 bridgehead atoms. The molecule has 1 aromatic carbocycles. The van der Waals surface area contributed by atoms with Gasteiger partial charge in [0, 0.05) is 25.8 Å². The van der Waals surface area contributed by atoms with Crippen molar-refractivity contribution in [3.05, 3.63) is 30.3 Å². The number of carbonyl (C=O) groups excluding carboxylic acids is 2. The summed E-state index contributed by atoms with van der Waals surface area (Å²) in [6, 6.07) is 9.61. The first kappa shape index (κ1) is 15.1. The average molecular weight is 300 g/mol. The van der Waals surface area contributed by atoms with Crippen LogP contribution in [0.15, 0.2) is 30.3 Å². The molecule has 2 aliphatic rings. The minimum absolute atomic E-state index is 0.0647. The normalized spacial score (nSPS) is 24.9. The summed E-state index contributed by atoms with van der Waals surface area (Å²) in [6.45, 7) is 3.94. The summed E-state index contributed by atoms with van der Waals surface area (Å²) in [5, 5.41) is 0. The second kappa shape index (κ2) is 6.11. The number of amides is 2. The van der Waals surface area contributed by atoms with Crippen LogP contribution in [-0.4, -0.2) is 36.9 Å². The van der Waals surface area contributed by atoms with E-state index in [1.807, 2.05) is 35.2 Å². The lowest BCUT2D eigenvalue weighted by Gasteiger charge is -2.30. The minimum Gasteiger partial charge on any atom is -0.342 e. The number of nitrogens with zero attached hydrogens (tertiary/aromatic N) is 2. The van der Waals surface area contributed by atoms with Crippen molar-refractivity contribution in [2.75, 3.05) is 25.0 Å². The molecule has 0 spiro atoms. The van der Waals surface area contributed by atoms with Gasteiger partial charge >= 0.3 is 0 Å². The van der Waals surface area contributed by atoms with Crippen molar-refractivity contribution < 1.29 is 9.59 Å². The monoisotopic (exact) mass is 300 g/mol. The van der Waals surface area contributed by atoms with Crippen LogP contribution in [0.5, 0.6) is 0 Å². The number of hydrogen-bond donors (Lipinski definition) is 0. The summed E-state index contributed by atoms with van der Waals surface area (Å²) in [6.07, 6.45) is 2.88. The van der Waals surface area contributed by atoms with Crippen molar-refractivity contribution in [3.8, 4) is 0 Å². The zero-order valence-electron chi connectivity index (χ0n) is 13.4. The number of anilines is 1. The largest absolute Gasteiger partial charge is 0.342 e. The summed E-state index contributed by atoms with van der Waals surface area (Å²) in [4.78, 5) is 28.6. The number of hydrogen-bond acceptors (Lipinski definition) is 2. The van der Waals surface area contributed by atoms with Crippen LogP contribution in [0.4, 0.5) is 5.69 Å². The summed E-state index contributed by atoms with van der Waals surface area (Å²) < 4.78 is 0. The minimum atomic E-state index is -0.128. The standard InChI is InChI=1S/C18H24N2O2/c1-13-8-10-20(11-9-13)18(22)16-12-15(16)17(21)19(2)14-6-4-3-5-7-14/h3-7,13,15-16H,8-12H2,1-2H3. The molecule has 4 heteroatoms. The fourth-order valence-electron chi connectivity index (χ4n) is 3.23. The first-order valence-electron chi connectivity index (χ1n) is 8.19. The lowest BCUT2D eigenvalue weighted by atomic mass is 9.99. The van der Waals surface area contributed by atoms with Crippen molar-refractivity contribution >= 4 is 17.5 Å². The number of piperidine rings is 1. The number of benzene rings is 1. The SMILES string of the molecule is CC1CCN(C(=O)C2CC2C(=O)N(C)c2ccccc2)CC1. The molecular weight excluding hydrogens is 276 g/mol. The van der Waals surface area contributed by atoms with E-state index >= 15 is 0 Å². The summed E-state index contributed by atoms with van der Waals surface area (Å²) in [5.41, 5.74) is 0.886. The fourth-order valence-corrected chi connectivity index (χ4v) is 3.23. The molecular formula is C18H24N2O2. The number of rotatable bonds is 3. The third-order valence-electron chi connectivity index (χ3n) is 4.99. The van der Waals surface area contributed by atoms with Crippen LogP contribution in [0.25, 0.3) is 0 Å². The smallest absolute Gasteiger partial charge is 0.230 e. The van der Waals surface area contributed by atoms with Gasteiger partial charge in [-0.15, -0.1) is 0 Å². The Bertz CT molecular complexity index is 549. The fraction of sp³-hybridized carbons (Fsp3) is 0.556. The first-order chi connectivity index (χ1) is 10.6. The van der Waals surface area contributed by atoms with Crippen molar-refractivity contribution in [3.63, 3.8) is 0 Å². The maximum absolute atomic E-state index is 12.5. The van der Waals surface area contributed by atoms with E-state index in [0.29, 0.717) is 12.3 Å². The predicted octanol–water partition coefficient (Wildman–Crippen LogP) is 2.54. The summed E-state index contributed by atoms with van der Waals surface area (Å²) in [7, 11) is 1.79. The summed E-state index contributed by atoms with van der Waals surface area (Å²) in [5.74, 6) is 0.746. The molecule has 4 nitrogen and oxygen atoms in total. The third kappa shape index (κ3) is 3.01. The Morgan fingerprint density at radius 2 is 1.73 bits per heavy atom. The number of para-hydroxylation sites is 1. The van der Waals surface area contributed by atoms with Crippen molar-refractivity contribution in [2.24, 2.45) is 17.8 Å². The van der Waals surface area contributed by atoms with Gasteiger partial charge in [0.1, 0.15) is 0 Å². The molecule has 1 aromatic rings. The molecule has 1 aliphatic carbocycles. The zero-order chi connectivity index (χ0) is 15.7. The molecule has 1 saturated heterocycles. The molecule has 3 rings (SSSR count). The third-order valence-corrected chi connectivity index (χ3v) is 4.99. The molecule has 2 atom stereocenters. The van der Waals surface area contributed by atoms with E-state index in [1.54, 1.807) is 11.9 Å². The van der Waals surface area contributed by atoms with Gasteiger partial charge in [0.05, 0.1) is 11.8 Å². The van der Waals surface area contributed by atoms with Gasteiger partial charge in [-0.2, -0.15) is 0 Å². The van der Waals surface area contributed by atoms with Gasteiger partial charge in [0.25, 0.3) is 0 Å². The van der Waals surface area contributed by atoms with E-state index in [2.05, 4.69) is 6.92 Å². The van der Waals surface area contributed by atoms with Crippen molar-refractivity contribution in [2.45, 2.75) is 26.2 Å².